The summed E-state index contributed by atoms with van der Waals surface area (Å²) in [5, 5.41) is 12.2. The number of halogens is 2. The van der Waals surface area contributed by atoms with Crippen molar-refractivity contribution in [3.8, 4) is 11.8 Å². The average Bonchev–Trinajstić information content (AvgIpc) is 2.77. The van der Waals surface area contributed by atoms with E-state index in [2.05, 4.69) is 50.5 Å². The van der Waals surface area contributed by atoms with Gasteiger partial charge in [-0.25, -0.2) is 0 Å². The lowest BCUT2D eigenvalue weighted by Gasteiger charge is -2.09. The van der Waals surface area contributed by atoms with E-state index in [1.54, 1.807) is 6.08 Å². The third-order valence-electron chi connectivity index (χ3n) is 4.24. The van der Waals surface area contributed by atoms with Crippen molar-refractivity contribution in [2.75, 3.05) is 0 Å². The van der Waals surface area contributed by atoms with Gasteiger partial charge in [-0.1, -0.05) is 48.5 Å². The van der Waals surface area contributed by atoms with Crippen LogP contribution in [-0.4, -0.2) is 5.91 Å². The molecular formula is C24H18I2N2O2. The molecule has 0 aliphatic rings. The standard InChI is InChI=1S/C24H18I2N2O2/c25-21-9-6-18(7-10-21)16-30-23-11-8-19(13-22(23)26)12-20(14-27)24(29)28-15-17-4-2-1-3-5-17/h1-13H,15-16H2,(H,28,29)/b20-12-. The van der Waals surface area contributed by atoms with E-state index in [1.165, 1.54) is 3.57 Å². The summed E-state index contributed by atoms with van der Waals surface area (Å²) < 4.78 is 8.00. The lowest BCUT2D eigenvalue weighted by atomic mass is 10.1. The van der Waals surface area contributed by atoms with Crippen molar-refractivity contribution in [2.24, 2.45) is 0 Å². The molecule has 3 aromatic rings. The van der Waals surface area contributed by atoms with Gasteiger partial charge in [0.2, 0.25) is 0 Å². The molecule has 30 heavy (non-hydrogen) atoms. The Morgan fingerprint density at radius 2 is 1.73 bits per heavy atom. The second-order valence-electron chi connectivity index (χ2n) is 6.44. The molecule has 0 unspecified atom stereocenters. The molecule has 0 aliphatic carbocycles. The van der Waals surface area contributed by atoms with Crippen LogP contribution in [-0.2, 0) is 17.9 Å². The third kappa shape index (κ3) is 6.57. The van der Waals surface area contributed by atoms with Crippen LogP contribution in [0.1, 0.15) is 16.7 Å². The molecule has 0 aliphatic heterocycles. The second-order valence-corrected chi connectivity index (χ2v) is 8.85. The number of hydrogen-bond donors (Lipinski definition) is 1. The molecule has 0 saturated carbocycles. The van der Waals surface area contributed by atoms with E-state index in [0.717, 1.165) is 26.0 Å². The Balaban J connectivity index is 1.64. The topological polar surface area (TPSA) is 62.1 Å². The molecule has 1 amide bonds. The zero-order chi connectivity index (χ0) is 21.3. The summed E-state index contributed by atoms with van der Waals surface area (Å²) in [7, 11) is 0. The number of carbonyl (C=O) groups excluding carboxylic acids is 1. The van der Waals surface area contributed by atoms with Crippen molar-refractivity contribution in [2.45, 2.75) is 13.2 Å². The van der Waals surface area contributed by atoms with Gasteiger partial charge in [0, 0.05) is 10.1 Å². The number of amides is 1. The highest BCUT2D eigenvalue weighted by atomic mass is 127. The van der Waals surface area contributed by atoms with Gasteiger partial charge in [0.05, 0.1) is 3.57 Å². The normalized spacial score (nSPS) is 10.9. The van der Waals surface area contributed by atoms with Crippen LogP contribution in [0.3, 0.4) is 0 Å². The van der Waals surface area contributed by atoms with Crippen LogP contribution in [0.15, 0.2) is 78.4 Å². The predicted octanol–water partition coefficient (Wildman–Crippen LogP) is 5.70. The molecule has 3 rings (SSSR count). The first kappa shape index (κ1) is 22.3. The maximum Gasteiger partial charge on any atom is 0.262 e. The fraction of sp³-hybridized carbons (Fsp3) is 0.0833. The van der Waals surface area contributed by atoms with Crippen molar-refractivity contribution >= 4 is 57.2 Å². The monoisotopic (exact) mass is 620 g/mol. The Morgan fingerprint density at radius 1 is 1.00 bits per heavy atom. The Kier molecular flexibility index (Phi) is 8.28. The molecule has 0 fully saturated rings. The maximum atomic E-state index is 12.4. The Hall–Kier alpha value is -2.38. The van der Waals surface area contributed by atoms with E-state index >= 15 is 0 Å². The predicted molar refractivity (Wildman–Crippen MR) is 135 cm³/mol. The number of ether oxygens (including phenoxy) is 1. The lowest BCUT2D eigenvalue weighted by molar-refractivity contribution is -0.117. The summed E-state index contributed by atoms with van der Waals surface area (Å²) >= 11 is 4.47. The van der Waals surface area contributed by atoms with Crippen molar-refractivity contribution < 1.29 is 9.53 Å². The van der Waals surface area contributed by atoms with Gasteiger partial charge >= 0.3 is 0 Å². The Bertz CT molecular complexity index is 1090. The van der Waals surface area contributed by atoms with Crippen LogP contribution in [0.25, 0.3) is 6.08 Å². The van der Waals surface area contributed by atoms with Crippen LogP contribution in [0.2, 0.25) is 0 Å². The van der Waals surface area contributed by atoms with E-state index in [1.807, 2.05) is 78.9 Å². The molecule has 150 valence electrons. The molecule has 0 spiro atoms. The lowest BCUT2D eigenvalue weighted by Crippen LogP contribution is -2.23. The third-order valence-corrected chi connectivity index (χ3v) is 5.80. The van der Waals surface area contributed by atoms with E-state index in [9.17, 15) is 10.1 Å². The van der Waals surface area contributed by atoms with Crippen LogP contribution in [0, 0.1) is 18.5 Å². The minimum atomic E-state index is -0.393. The number of rotatable bonds is 7. The molecule has 0 heterocycles. The molecule has 0 saturated heterocycles. The first-order valence-electron chi connectivity index (χ1n) is 9.16. The Morgan fingerprint density at radius 3 is 2.40 bits per heavy atom. The molecule has 1 N–H and O–H groups in total. The van der Waals surface area contributed by atoms with Crippen LogP contribution in [0.5, 0.6) is 5.75 Å². The van der Waals surface area contributed by atoms with Crippen molar-refractivity contribution in [1.82, 2.24) is 5.32 Å². The van der Waals surface area contributed by atoms with Gasteiger partial charge in [-0.2, -0.15) is 5.26 Å². The van der Waals surface area contributed by atoms with Crippen LogP contribution in [0.4, 0.5) is 0 Å². The second kappa shape index (κ2) is 11.1. The molecule has 0 radical (unpaired) electrons. The summed E-state index contributed by atoms with van der Waals surface area (Å²) in [5.41, 5.74) is 2.91. The summed E-state index contributed by atoms with van der Waals surface area (Å²) in [6.07, 6.45) is 1.59. The highest BCUT2D eigenvalue weighted by Gasteiger charge is 2.10. The van der Waals surface area contributed by atoms with Crippen molar-refractivity contribution in [3.05, 3.63) is 102 Å². The van der Waals surface area contributed by atoms with Crippen LogP contribution < -0.4 is 10.1 Å². The number of nitrogens with one attached hydrogen (secondary N) is 1. The number of benzene rings is 3. The molecule has 4 nitrogen and oxygen atoms in total. The van der Waals surface area contributed by atoms with Gasteiger partial charge < -0.3 is 10.1 Å². The molecule has 3 aromatic carbocycles. The fourth-order valence-electron chi connectivity index (χ4n) is 2.65. The number of nitriles is 1. The number of carbonyl (C=O) groups is 1. The zero-order valence-electron chi connectivity index (χ0n) is 15.9. The van der Waals surface area contributed by atoms with Crippen LogP contribution >= 0.6 is 45.2 Å². The SMILES string of the molecule is N#C/C(=C/c1ccc(OCc2ccc(I)cc2)c(I)c1)C(=O)NCc1ccccc1. The molecular weight excluding hydrogens is 602 g/mol. The quantitative estimate of drug-likeness (QED) is 0.210. The summed E-state index contributed by atoms with van der Waals surface area (Å²) in [4.78, 5) is 12.4. The maximum absolute atomic E-state index is 12.4. The molecule has 0 atom stereocenters. The minimum Gasteiger partial charge on any atom is -0.488 e. The first-order valence-corrected chi connectivity index (χ1v) is 11.3. The van der Waals surface area contributed by atoms with Gasteiger partial charge in [0.15, 0.2) is 0 Å². The van der Waals surface area contributed by atoms with Gasteiger partial charge in [-0.15, -0.1) is 0 Å². The van der Waals surface area contributed by atoms with Gasteiger partial charge in [-0.05, 0) is 92.2 Å². The van der Waals surface area contributed by atoms with Crippen molar-refractivity contribution in [3.63, 3.8) is 0 Å². The Labute approximate surface area is 203 Å². The molecule has 6 heteroatoms. The number of nitrogens with zero attached hydrogens (tertiary/aromatic N) is 1. The van der Waals surface area contributed by atoms with E-state index in [-0.39, 0.29) is 5.57 Å². The van der Waals surface area contributed by atoms with E-state index < -0.39 is 5.91 Å². The van der Waals surface area contributed by atoms with Crippen molar-refractivity contribution in [1.29, 1.82) is 5.26 Å². The summed E-state index contributed by atoms with van der Waals surface area (Å²) in [6.45, 7) is 0.856. The highest BCUT2D eigenvalue weighted by Crippen LogP contribution is 2.24. The molecule has 0 bridgehead atoms. The van der Waals surface area contributed by atoms with E-state index in [0.29, 0.717) is 13.2 Å². The fourth-order valence-corrected chi connectivity index (χ4v) is 3.71. The minimum absolute atomic E-state index is 0.0642. The van der Waals surface area contributed by atoms with Gasteiger partial charge in [0.25, 0.3) is 5.91 Å². The zero-order valence-corrected chi connectivity index (χ0v) is 20.3. The molecule has 0 aromatic heterocycles. The largest absolute Gasteiger partial charge is 0.488 e. The average molecular weight is 620 g/mol. The number of hydrogen-bond acceptors (Lipinski definition) is 3. The highest BCUT2D eigenvalue weighted by molar-refractivity contribution is 14.1. The summed E-state index contributed by atoms with van der Waals surface area (Å²) in [5.74, 6) is 0.369. The van der Waals surface area contributed by atoms with Gasteiger partial charge in [-0.3, -0.25) is 4.79 Å². The van der Waals surface area contributed by atoms with Gasteiger partial charge in [0.1, 0.15) is 24.0 Å². The first-order chi connectivity index (χ1) is 14.5. The van der Waals surface area contributed by atoms with E-state index in [4.69, 9.17) is 4.74 Å². The smallest absolute Gasteiger partial charge is 0.262 e. The summed E-state index contributed by atoms with van der Waals surface area (Å²) in [6, 6.07) is 25.3.